The third kappa shape index (κ3) is 3.72. The molecule has 3 heterocycles. The number of fused-ring (bicyclic) bond motifs is 2. The fourth-order valence-corrected chi connectivity index (χ4v) is 3.92. The molecule has 2 N–H and O–H groups in total. The second kappa shape index (κ2) is 8.20. The maximum absolute atomic E-state index is 13.9. The van der Waals surface area contributed by atoms with Gasteiger partial charge in [0.1, 0.15) is 22.9 Å². The van der Waals surface area contributed by atoms with Crippen LogP contribution in [0.25, 0.3) is 0 Å². The molecule has 2 atom stereocenters. The van der Waals surface area contributed by atoms with Crippen molar-refractivity contribution in [3.63, 3.8) is 0 Å². The van der Waals surface area contributed by atoms with Crippen LogP contribution in [0.5, 0.6) is 0 Å². The van der Waals surface area contributed by atoms with Gasteiger partial charge in [-0.25, -0.2) is 8.78 Å². The molecule has 1 unspecified atom stereocenters. The summed E-state index contributed by atoms with van der Waals surface area (Å²) in [4.78, 5) is 40.4. The summed E-state index contributed by atoms with van der Waals surface area (Å²) in [6, 6.07) is 2.97. The van der Waals surface area contributed by atoms with E-state index in [1.807, 2.05) is 0 Å². The highest BCUT2D eigenvalue weighted by atomic mass is 19.1. The number of aromatic nitrogens is 1. The van der Waals surface area contributed by atoms with Crippen molar-refractivity contribution in [2.45, 2.75) is 32.2 Å². The number of carbonyl (C=O) groups is 2. The van der Waals surface area contributed by atoms with Crippen LogP contribution in [0.4, 0.5) is 8.78 Å². The van der Waals surface area contributed by atoms with Crippen molar-refractivity contribution in [3.8, 4) is 0 Å². The zero-order chi connectivity index (χ0) is 22.3. The topological polar surface area (TPSA) is 101 Å². The summed E-state index contributed by atoms with van der Waals surface area (Å²) in [5.41, 5.74) is -0.660. The fourth-order valence-electron chi connectivity index (χ4n) is 3.92. The molecule has 31 heavy (non-hydrogen) atoms. The van der Waals surface area contributed by atoms with Gasteiger partial charge in [0.2, 0.25) is 0 Å². The Kier molecular flexibility index (Phi) is 5.59. The Morgan fingerprint density at radius 1 is 1.35 bits per heavy atom. The van der Waals surface area contributed by atoms with Crippen LogP contribution in [0.3, 0.4) is 0 Å². The van der Waals surface area contributed by atoms with Crippen molar-refractivity contribution in [2.24, 2.45) is 0 Å². The van der Waals surface area contributed by atoms with Gasteiger partial charge < -0.3 is 24.6 Å². The van der Waals surface area contributed by atoms with Gasteiger partial charge in [-0.05, 0) is 6.07 Å². The number of carbonyl (C=O) groups excluding carboxylic acids is 2. The van der Waals surface area contributed by atoms with Gasteiger partial charge in [-0.1, -0.05) is 13.0 Å². The SMILES string of the molecule is CC(CO)c1c2n(cc(C(=O)NCc3ccc(F)cc3F)c1=O)C[C@H]1OCCN1C2=O. The first-order valence-corrected chi connectivity index (χ1v) is 9.84. The molecule has 1 fully saturated rings. The molecule has 2 aliphatic rings. The van der Waals surface area contributed by atoms with E-state index in [1.54, 1.807) is 6.92 Å². The first-order valence-electron chi connectivity index (χ1n) is 9.84. The Hall–Kier alpha value is -3.11. The number of aliphatic hydroxyl groups excluding tert-OH is 1. The van der Waals surface area contributed by atoms with E-state index >= 15 is 0 Å². The smallest absolute Gasteiger partial charge is 0.273 e. The molecule has 1 aromatic carbocycles. The molecular weight excluding hydrogens is 412 g/mol. The molecular formula is C21H21F2N3O5. The standard InChI is InChI=1S/C21H21F2N3O5/c1-11(10-27)17-18-21(30)26-4-5-31-16(26)9-25(18)8-14(19(17)28)20(29)24-7-12-2-3-13(22)6-15(12)23/h2-3,6,8,11,16,27H,4-5,7,9-10H2,1H3,(H,24,29)/t11?,16-/m1/s1. The maximum atomic E-state index is 13.9. The van der Waals surface area contributed by atoms with Gasteiger partial charge in [0.25, 0.3) is 11.8 Å². The minimum atomic E-state index is -0.818. The maximum Gasteiger partial charge on any atom is 0.273 e. The molecule has 164 valence electrons. The number of aliphatic hydroxyl groups is 1. The van der Waals surface area contributed by atoms with Crippen molar-refractivity contribution in [2.75, 3.05) is 19.8 Å². The van der Waals surface area contributed by atoms with E-state index in [4.69, 9.17) is 4.74 Å². The molecule has 2 aliphatic heterocycles. The largest absolute Gasteiger partial charge is 0.396 e. The van der Waals surface area contributed by atoms with Crippen molar-refractivity contribution in [3.05, 3.63) is 68.6 Å². The van der Waals surface area contributed by atoms with E-state index in [2.05, 4.69) is 5.32 Å². The molecule has 0 radical (unpaired) electrons. The lowest BCUT2D eigenvalue weighted by Gasteiger charge is -2.33. The number of nitrogens with zero attached hydrogens (tertiary/aromatic N) is 2. The molecule has 10 heteroatoms. The van der Waals surface area contributed by atoms with Crippen molar-refractivity contribution >= 4 is 11.8 Å². The van der Waals surface area contributed by atoms with Gasteiger partial charge in [-0.3, -0.25) is 14.4 Å². The molecule has 1 saturated heterocycles. The number of ether oxygens (including phenoxy) is 1. The summed E-state index contributed by atoms with van der Waals surface area (Å²) in [7, 11) is 0. The summed E-state index contributed by atoms with van der Waals surface area (Å²) in [5, 5.41) is 12.1. The normalized spacial score (nSPS) is 18.5. The number of amides is 2. The third-order valence-electron chi connectivity index (χ3n) is 5.59. The second-order valence-corrected chi connectivity index (χ2v) is 7.61. The highest BCUT2D eigenvalue weighted by Gasteiger charge is 2.39. The number of hydrogen-bond donors (Lipinski definition) is 2. The van der Waals surface area contributed by atoms with Crippen molar-refractivity contribution in [1.29, 1.82) is 0 Å². The quantitative estimate of drug-likeness (QED) is 0.732. The van der Waals surface area contributed by atoms with Crippen LogP contribution in [-0.2, 0) is 17.8 Å². The number of nitrogens with one attached hydrogen (secondary N) is 1. The molecule has 0 bridgehead atoms. The van der Waals surface area contributed by atoms with Gasteiger partial charge in [0.05, 0.1) is 13.2 Å². The molecule has 1 aromatic heterocycles. The van der Waals surface area contributed by atoms with Crippen LogP contribution in [-0.4, -0.2) is 52.4 Å². The van der Waals surface area contributed by atoms with Crippen LogP contribution in [0.2, 0.25) is 0 Å². The highest BCUT2D eigenvalue weighted by Crippen LogP contribution is 2.27. The van der Waals surface area contributed by atoms with Crippen LogP contribution in [0.15, 0.2) is 29.2 Å². The summed E-state index contributed by atoms with van der Waals surface area (Å²) in [6.07, 6.45) is 0.794. The van der Waals surface area contributed by atoms with Crippen LogP contribution in [0.1, 0.15) is 44.8 Å². The molecule has 4 rings (SSSR count). The van der Waals surface area contributed by atoms with Gasteiger partial charge in [0, 0.05) is 49.0 Å². The summed E-state index contributed by atoms with van der Waals surface area (Å²) in [5.74, 6) is -3.39. The molecule has 0 saturated carbocycles. The molecule has 0 aliphatic carbocycles. The van der Waals surface area contributed by atoms with E-state index in [-0.39, 0.29) is 48.0 Å². The summed E-state index contributed by atoms with van der Waals surface area (Å²) < 4.78 is 34.0. The fraction of sp³-hybridized carbons (Fsp3) is 0.381. The Labute approximate surface area is 176 Å². The lowest BCUT2D eigenvalue weighted by molar-refractivity contribution is 0.00861. The monoisotopic (exact) mass is 433 g/mol. The van der Waals surface area contributed by atoms with E-state index < -0.39 is 35.1 Å². The van der Waals surface area contributed by atoms with Gasteiger partial charge >= 0.3 is 0 Å². The average molecular weight is 433 g/mol. The minimum absolute atomic E-state index is 0.0541. The summed E-state index contributed by atoms with van der Waals surface area (Å²) >= 11 is 0. The zero-order valence-corrected chi connectivity index (χ0v) is 16.7. The van der Waals surface area contributed by atoms with E-state index in [0.29, 0.717) is 19.2 Å². The number of benzene rings is 1. The Morgan fingerprint density at radius 3 is 2.84 bits per heavy atom. The minimum Gasteiger partial charge on any atom is -0.396 e. The summed E-state index contributed by atoms with van der Waals surface area (Å²) in [6.45, 7) is 1.95. The number of pyridine rings is 1. The van der Waals surface area contributed by atoms with E-state index in [9.17, 15) is 28.3 Å². The van der Waals surface area contributed by atoms with Crippen LogP contribution in [0, 0.1) is 11.6 Å². The van der Waals surface area contributed by atoms with Crippen LogP contribution < -0.4 is 10.7 Å². The predicted molar refractivity (Wildman–Crippen MR) is 105 cm³/mol. The highest BCUT2D eigenvalue weighted by molar-refractivity contribution is 5.98. The van der Waals surface area contributed by atoms with Crippen molar-refractivity contribution in [1.82, 2.24) is 14.8 Å². The van der Waals surface area contributed by atoms with Gasteiger partial charge in [0.15, 0.2) is 11.7 Å². The average Bonchev–Trinajstić information content (AvgIpc) is 3.21. The number of hydrogen-bond acceptors (Lipinski definition) is 5. The Bertz CT molecular complexity index is 1120. The zero-order valence-electron chi connectivity index (χ0n) is 16.7. The number of halogens is 2. The third-order valence-corrected chi connectivity index (χ3v) is 5.59. The molecule has 8 nitrogen and oxygen atoms in total. The Balaban J connectivity index is 1.70. The predicted octanol–water partition coefficient (Wildman–Crippen LogP) is 0.964. The van der Waals surface area contributed by atoms with E-state index in [1.165, 1.54) is 21.7 Å². The van der Waals surface area contributed by atoms with E-state index in [0.717, 1.165) is 6.07 Å². The van der Waals surface area contributed by atoms with Gasteiger partial charge in [-0.2, -0.15) is 0 Å². The number of rotatable bonds is 5. The first-order chi connectivity index (χ1) is 14.8. The van der Waals surface area contributed by atoms with Crippen LogP contribution >= 0.6 is 0 Å². The lowest BCUT2D eigenvalue weighted by atomic mass is 9.95. The van der Waals surface area contributed by atoms with Crippen molar-refractivity contribution < 1.29 is 28.2 Å². The van der Waals surface area contributed by atoms with Gasteiger partial charge in [-0.15, -0.1) is 0 Å². The molecule has 2 aromatic rings. The lowest BCUT2D eigenvalue weighted by Crippen LogP contribution is -2.48. The second-order valence-electron chi connectivity index (χ2n) is 7.61. The molecule has 2 amide bonds. The first kappa shape index (κ1) is 21.1. The Morgan fingerprint density at radius 2 is 2.13 bits per heavy atom. The molecule has 0 spiro atoms.